The van der Waals surface area contributed by atoms with Gasteiger partial charge in [-0.1, -0.05) is 25.1 Å². The molecule has 25 heavy (non-hydrogen) atoms. The van der Waals surface area contributed by atoms with Crippen LogP contribution in [0.5, 0.6) is 5.75 Å². The molecule has 2 amide bonds. The molecule has 130 valence electrons. The average molecular weight is 356 g/mol. The number of anilines is 2. The molecule has 1 N–H and O–H groups in total. The van der Waals surface area contributed by atoms with Crippen molar-refractivity contribution in [3.8, 4) is 5.75 Å². The summed E-state index contributed by atoms with van der Waals surface area (Å²) in [5, 5.41) is 2.75. The van der Waals surface area contributed by atoms with Crippen molar-refractivity contribution in [2.45, 2.75) is 18.7 Å². The molecule has 1 aliphatic rings. The maximum Gasteiger partial charge on any atom is 0.238 e. The van der Waals surface area contributed by atoms with E-state index in [0.717, 1.165) is 22.7 Å². The van der Waals surface area contributed by atoms with E-state index in [-0.39, 0.29) is 17.2 Å². The average Bonchev–Trinajstić information content (AvgIpc) is 3.03. The maximum atomic E-state index is 12.4. The first-order valence-corrected chi connectivity index (χ1v) is 9.14. The quantitative estimate of drug-likeness (QED) is 0.885. The number of amides is 2. The third-order valence-corrected chi connectivity index (χ3v) is 5.21. The number of carbonyl (C=O) groups excluding carboxylic acids is 2. The van der Waals surface area contributed by atoms with Gasteiger partial charge < -0.3 is 10.1 Å². The first kappa shape index (κ1) is 17.4. The van der Waals surface area contributed by atoms with Crippen LogP contribution in [-0.2, 0) is 9.59 Å². The Hall–Kier alpha value is -2.47. The van der Waals surface area contributed by atoms with Crippen LogP contribution in [0, 0.1) is 0 Å². The van der Waals surface area contributed by atoms with E-state index < -0.39 is 0 Å². The van der Waals surface area contributed by atoms with Crippen molar-refractivity contribution in [2.75, 3.05) is 23.1 Å². The number of carbonyl (C=O) groups is 2. The minimum Gasteiger partial charge on any atom is -0.497 e. The third-order valence-electron chi connectivity index (χ3n) is 4.00. The van der Waals surface area contributed by atoms with Crippen LogP contribution in [0.1, 0.15) is 24.3 Å². The van der Waals surface area contributed by atoms with Crippen molar-refractivity contribution in [1.82, 2.24) is 0 Å². The number of nitrogens with zero attached hydrogens (tertiary/aromatic N) is 1. The summed E-state index contributed by atoms with van der Waals surface area (Å²) in [7, 11) is 1.61. The highest BCUT2D eigenvalue weighted by atomic mass is 32.2. The van der Waals surface area contributed by atoms with Gasteiger partial charge in [0, 0.05) is 23.9 Å². The number of ether oxygens (including phenoxy) is 1. The molecule has 2 aromatic carbocycles. The monoisotopic (exact) mass is 356 g/mol. The minimum atomic E-state index is -0.0875. The van der Waals surface area contributed by atoms with E-state index in [2.05, 4.69) is 5.32 Å². The molecule has 1 aliphatic heterocycles. The first-order chi connectivity index (χ1) is 12.1. The second-order valence-corrected chi connectivity index (χ2v) is 6.72. The molecular weight excluding hydrogens is 336 g/mol. The van der Waals surface area contributed by atoms with E-state index in [0.29, 0.717) is 12.2 Å². The summed E-state index contributed by atoms with van der Waals surface area (Å²) in [5.41, 5.74) is 2.61. The molecule has 1 saturated heterocycles. The Morgan fingerprint density at radius 2 is 2.04 bits per heavy atom. The highest BCUT2D eigenvalue weighted by Gasteiger charge is 2.34. The summed E-state index contributed by atoms with van der Waals surface area (Å²) in [6.45, 7) is 1.82. The summed E-state index contributed by atoms with van der Waals surface area (Å²) in [5.74, 6) is 1.22. The minimum absolute atomic E-state index is 0.0174. The zero-order chi connectivity index (χ0) is 17.8. The smallest absolute Gasteiger partial charge is 0.238 e. The Bertz CT molecular complexity index is 776. The largest absolute Gasteiger partial charge is 0.497 e. The Kier molecular flexibility index (Phi) is 5.28. The Morgan fingerprint density at radius 3 is 2.72 bits per heavy atom. The van der Waals surface area contributed by atoms with Crippen molar-refractivity contribution < 1.29 is 14.3 Å². The molecule has 2 aromatic rings. The van der Waals surface area contributed by atoms with E-state index in [1.165, 1.54) is 0 Å². The number of methoxy groups -OCH3 is 1. The topological polar surface area (TPSA) is 58.6 Å². The van der Waals surface area contributed by atoms with Gasteiger partial charge in [-0.15, -0.1) is 11.8 Å². The van der Waals surface area contributed by atoms with E-state index >= 15 is 0 Å². The molecule has 1 atom stereocenters. The normalized spacial score (nSPS) is 16.8. The molecule has 0 spiro atoms. The Morgan fingerprint density at radius 1 is 1.28 bits per heavy atom. The van der Waals surface area contributed by atoms with Crippen LogP contribution >= 0.6 is 11.8 Å². The summed E-state index contributed by atoms with van der Waals surface area (Å²) >= 11 is 1.59. The molecule has 1 unspecified atom stereocenters. The molecule has 3 rings (SSSR count). The fraction of sp³-hybridized carbons (Fsp3) is 0.263. The maximum absolute atomic E-state index is 12.4. The molecule has 5 nitrogen and oxygen atoms in total. The third kappa shape index (κ3) is 3.79. The molecule has 0 aromatic heterocycles. The molecule has 0 bridgehead atoms. The van der Waals surface area contributed by atoms with E-state index in [1.54, 1.807) is 23.8 Å². The van der Waals surface area contributed by atoms with Crippen molar-refractivity contribution in [1.29, 1.82) is 0 Å². The number of rotatable bonds is 5. The lowest BCUT2D eigenvalue weighted by atomic mass is 10.1. The van der Waals surface area contributed by atoms with Gasteiger partial charge in [-0.05, 0) is 29.8 Å². The van der Waals surface area contributed by atoms with Crippen LogP contribution < -0.4 is 15.0 Å². The number of hydrogen-bond donors (Lipinski definition) is 1. The predicted octanol–water partition coefficient (Wildman–Crippen LogP) is 3.82. The van der Waals surface area contributed by atoms with Gasteiger partial charge in [0.05, 0.1) is 12.9 Å². The molecule has 6 heteroatoms. The summed E-state index contributed by atoms with van der Waals surface area (Å²) < 4.78 is 5.27. The van der Waals surface area contributed by atoms with E-state index in [9.17, 15) is 9.59 Å². The van der Waals surface area contributed by atoms with Crippen molar-refractivity contribution in [3.63, 3.8) is 0 Å². The van der Waals surface area contributed by atoms with Gasteiger partial charge in [-0.2, -0.15) is 0 Å². The second-order valence-electron chi connectivity index (χ2n) is 5.65. The van der Waals surface area contributed by atoms with Crippen molar-refractivity contribution in [3.05, 3.63) is 54.1 Å². The summed E-state index contributed by atoms with van der Waals surface area (Å²) in [4.78, 5) is 25.7. The molecule has 1 heterocycles. The van der Waals surface area contributed by atoms with Crippen LogP contribution in [0.4, 0.5) is 11.4 Å². The molecule has 0 radical (unpaired) electrons. The predicted molar refractivity (Wildman–Crippen MR) is 101 cm³/mol. The number of nitrogens with one attached hydrogen (secondary N) is 1. The van der Waals surface area contributed by atoms with Gasteiger partial charge in [0.15, 0.2) is 0 Å². The van der Waals surface area contributed by atoms with Crippen LogP contribution in [-0.4, -0.2) is 24.7 Å². The number of hydrogen-bond acceptors (Lipinski definition) is 4. The molecule has 0 saturated carbocycles. The highest BCUT2D eigenvalue weighted by Crippen LogP contribution is 2.42. The van der Waals surface area contributed by atoms with Gasteiger partial charge in [-0.25, -0.2) is 0 Å². The van der Waals surface area contributed by atoms with Gasteiger partial charge in [0.25, 0.3) is 0 Å². The molecular formula is C19H20N2O3S. The van der Waals surface area contributed by atoms with Crippen LogP contribution in [0.25, 0.3) is 0 Å². The highest BCUT2D eigenvalue weighted by molar-refractivity contribution is 8.00. The fourth-order valence-electron chi connectivity index (χ4n) is 2.69. The summed E-state index contributed by atoms with van der Waals surface area (Å²) in [6, 6.07) is 15.2. The zero-order valence-corrected chi connectivity index (χ0v) is 15.0. The fourth-order valence-corrected chi connectivity index (χ4v) is 3.87. The number of thioether (sulfide) groups is 1. The van der Waals surface area contributed by atoms with Crippen molar-refractivity contribution >= 4 is 35.0 Å². The Balaban J connectivity index is 1.85. The van der Waals surface area contributed by atoms with Gasteiger partial charge in [0.2, 0.25) is 11.8 Å². The lowest BCUT2D eigenvalue weighted by molar-refractivity contribution is -0.116. The number of benzene rings is 2. The summed E-state index contributed by atoms with van der Waals surface area (Å²) in [6.07, 6.45) is 0.443. The molecule has 1 fully saturated rings. The standard InChI is InChI=1S/C19H20N2O3S/c1-3-17(22)20-14-9-7-13(8-10-14)19-21(18(23)12-25-19)15-5-4-6-16(11-15)24-2/h4-11,19H,3,12H2,1-2H3,(H,20,22). The first-order valence-electron chi connectivity index (χ1n) is 8.10. The van der Waals surface area contributed by atoms with Gasteiger partial charge in [0.1, 0.15) is 11.1 Å². The van der Waals surface area contributed by atoms with Gasteiger partial charge in [-0.3, -0.25) is 14.5 Å². The lowest BCUT2D eigenvalue weighted by Crippen LogP contribution is -2.27. The lowest BCUT2D eigenvalue weighted by Gasteiger charge is -2.25. The van der Waals surface area contributed by atoms with Crippen molar-refractivity contribution in [2.24, 2.45) is 0 Å². The SMILES string of the molecule is CCC(=O)Nc1ccc(C2SCC(=O)N2c2cccc(OC)c2)cc1. The second kappa shape index (κ2) is 7.61. The molecule has 0 aliphatic carbocycles. The van der Waals surface area contributed by atoms with Crippen LogP contribution in [0.3, 0.4) is 0 Å². The zero-order valence-electron chi connectivity index (χ0n) is 14.2. The van der Waals surface area contributed by atoms with Crippen LogP contribution in [0.2, 0.25) is 0 Å². The van der Waals surface area contributed by atoms with Gasteiger partial charge >= 0.3 is 0 Å². The van der Waals surface area contributed by atoms with Crippen LogP contribution in [0.15, 0.2) is 48.5 Å². The Labute approximate surface area is 151 Å². The van der Waals surface area contributed by atoms with E-state index in [1.807, 2.05) is 55.5 Å². The van der Waals surface area contributed by atoms with E-state index in [4.69, 9.17) is 4.74 Å².